The average Bonchev–Trinajstić information content (AvgIpc) is 3.10. The first-order chi connectivity index (χ1) is 13.9. The number of nitrogens with zero attached hydrogens (tertiary/aromatic N) is 2. The first-order valence-corrected chi connectivity index (χ1v) is 10.8. The Kier molecular flexibility index (Phi) is 9.42. The number of allylic oxidation sites excluding steroid dienone is 3. The monoisotopic (exact) mass is 399 g/mol. The van der Waals surface area contributed by atoms with Crippen LogP contribution in [-0.4, -0.2) is 54.8 Å². The Morgan fingerprint density at radius 2 is 1.76 bits per heavy atom. The molecule has 1 saturated heterocycles. The van der Waals surface area contributed by atoms with E-state index in [1.165, 1.54) is 11.1 Å². The quantitative estimate of drug-likeness (QED) is 0.591. The van der Waals surface area contributed by atoms with Crippen LogP contribution in [0.2, 0.25) is 0 Å². The van der Waals surface area contributed by atoms with Gasteiger partial charge in [-0.1, -0.05) is 43.2 Å². The van der Waals surface area contributed by atoms with E-state index in [2.05, 4.69) is 62.1 Å². The summed E-state index contributed by atoms with van der Waals surface area (Å²) in [6.07, 6.45) is 6.43. The van der Waals surface area contributed by atoms with E-state index in [4.69, 9.17) is 4.74 Å². The Bertz CT molecular complexity index is 711. The first-order valence-electron chi connectivity index (χ1n) is 10.8. The molecule has 5 nitrogen and oxygen atoms in total. The summed E-state index contributed by atoms with van der Waals surface area (Å²) in [5.41, 5.74) is 3.25. The standard InChI is InChI=1S/C24H37N3O2/c1-6-26-17-21(18-27(26)7-2)25-24(28)22-13-8-9-14-23(22)29-16-15-20(5)12-10-11-19(3)4/h8-9,11,13-15,21H,6-7,10,12,16-18H2,1-5H3,(H,25,28)/b20-15+. The number of carbonyl (C=O) groups is 1. The van der Waals surface area contributed by atoms with Gasteiger partial charge in [-0.2, -0.15) is 0 Å². The van der Waals surface area contributed by atoms with E-state index < -0.39 is 0 Å². The maximum Gasteiger partial charge on any atom is 0.255 e. The Morgan fingerprint density at radius 3 is 2.38 bits per heavy atom. The number of rotatable bonds is 10. The highest BCUT2D eigenvalue weighted by Gasteiger charge is 2.29. The molecule has 1 heterocycles. The number of hydrazine groups is 1. The van der Waals surface area contributed by atoms with E-state index in [9.17, 15) is 4.79 Å². The van der Waals surface area contributed by atoms with Crippen molar-refractivity contribution in [3.63, 3.8) is 0 Å². The lowest BCUT2D eigenvalue weighted by atomic mass is 10.1. The topological polar surface area (TPSA) is 44.8 Å². The molecule has 2 rings (SSSR count). The molecule has 0 aromatic heterocycles. The van der Waals surface area contributed by atoms with Gasteiger partial charge in [-0.05, 0) is 51.8 Å². The van der Waals surface area contributed by atoms with Crippen molar-refractivity contribution in [1.82, 2.24) is 15.3 Å². The van der Waals surface area contributed by atoms with Gasteiger partial charge in [-0.25, -0.2) is 10.0 Å². The van der Waals surface area contributed by atoms with E-state index in [-0.39, 0.29) is 11.9 Å². The highest BCUT2D eigenvalue weighted by Crippen LogP contribution is 2.19. The third-order valence-electron chi connectivity index (χ3n) is 5.22. The van der Waals surface area contributed by atoms with Crippen molar-refractivity contribution in [1.29, 1.82) is 0 Å². The molecule has 0 spiro atoms. The van der Waals surface area contributed by atoms with Gasteiger partial charge in [0.15, 0.2) is 0 Å². The molecule has 1 aliphatic heterocycles. The largest absolute Gasteiger partial charge is 0.489 e. The van der Waals surface area contributed by atoms with Crippen LogP contribution in [-0.2, 0) is 0 Å². The lowest BCUT2D eigenvalue weighted by Gasteiger charge is -2.24. The van der Waals surface area contributed by atoms with Crippen LogP contribution in [0.5, 0.6) is 5.75 Å². The summed E-state index contributed by atoms with van der Waals surface area (Å²) >= 11 is 0. The molecule has 1 aromatic carbocycles. The fraction of sp³-hybridized carbons (Fsp3) is 0.542. The van der Waals surface area contributed by atoms with E-state index >= 15 is 0 Å². The number of nitrogens with one attached hydrogen (secondary N) is 1. The second kappa shape index (κ2) is 11.8. The van der Waals surface area contributed by atoms with Crippen LogP contribution in [0.3, 0.4) is 0 Å². The number of likely N-dealkylation sites (N-methyl/N-ethyl adjacent to an activating group) is 2. The van der Waals surface area contributed by atoms with E-state index in [0.717, 1.165) is 39.0 Å². The first kappa shape index (κ1) is 23.2. The van der Waals surface area contributed by atoms with Gasteiger partial charge in [0.05, 0.1) is 11.6 Å². The zero-order valence-electron chi connectivity index (χ0n) is 18.7. The number of hydrogen-bond acceptors (Lipinski definition) is 4. The van der Waals surface area contributed by atoms with Gasteiger partial charge in [0, 0.05) is 26.2 Å². The fourth-order valence-electron chi connectivity index (χ4n) is 3.55. The molecule has 1 N–H and O–H groups in total. The Labute approximate surface area is 176 Å². The number of carbonyl (C=O) groups excluding carboxylic acids is 1. The van der Waals surface area contributed by atoms with Crippen molar-refractivity contribution in [2.75, 3.05) is 32.8 Å². The average molecular weight is 400 g/mol. The molecular weight excluding hydrogens is 362 g/mol. The molecule has 5 heteroatoms. The maximum atomic E-state index is 12.9. The number of benzene rings is 1. The molecule has 1 aromatic rings. The van der Waals surface area contributed by atoms with Gasteiger partial charge < -0.3 is 10.1 Å². The van der Waals surface area contributed by atoms with Crippen LogP contribution < -0.4 is 10.1 Å². The second-order valence-corrected chi connectivity index (χ2v) is 7.86. The molecular formula is C24H37N3O2. The molecule has 1 amide bonds. The molecule has 0 saturated carbocycles. The Balaban J connectivity index is 1.92. The Morgan fingerprint density at radius 1 is 1.10 bits per heavy atom. The predicted octanol–water partition coefficient (Wildman–Crippen LogP) is 4.43. The predicted molar refractivity (Wildman–Crippen MR) is 120 cm³/mol. The van der Waals surface area contributed by atoms with Crippen LogP contribution >= 0.6 is 0 Å². The molecule has 0 bridgehead atoms. The summed E-state index contributed by atoms with van der Waals surface area (Å²) in [7, 11) is 0. The lowest BCUT2D eigenvalue weighted by molar-refractivity contribution is 0.0388. The molecule has 160 valence electrons. The lowest BCUT2D eigenvalue weighted by Crippen LogP contribution is -2.38. The minimum Gasteiger partial charge on any atom is -0.489 e. The molecule has 0 unspecified atom stereocenters. The number of hydrogen-bond donors (Lipinski definition) is 1. The van der Waals surface area contributed by atoms with Crippen LogP contribution in [0, 0.1) is 0 Å². The molecule has 0 radical (unpaired) electrons. The third kappa shape index (κ3) is 7.33. The smallest absolute Gasteiger partial charge is 0.255 e. The van der Waals surface area contributed by atoms with Crippen molar-refractivity contribution >= 4 is 5.91 Å². The zero-order valence-corrected chi connectivity index (χ0v) is 18.7. The molecule has 0 atom stereocenters. The van der Waals surface area contributed by atoms with Crippen LogP contribution in [0.15, 0.2) is 47.6 Å². The van der Waals surface area contributed by atoms with Crippen molar-refractivity contribution in [2.45, 2.75) is 53.5 Å². The highest BCUT2D eigenvalue weighted by atomic mass is 16.5. The van der Waals surface area contributed by atoms with E-state index in [1.54, 1.807) is 0 Å². The van der Waals surface area contributed by atoms with Gasteiger partial charge in [0.1, 0.15) is 12.4 Å². The van der Waals surface area contributed by atoms with Crippen LogP contribution in [0.25, 0.3) is 0 Å². The summed E-state index contributed by atoms with van der Waals surface area (Å²) in [5, 5.41) is 7.75. The van der Waals surface area contributed by atoms with Crippen LogP contribution in [0.4, 0.5) is 0 Å². The molecule has 0 aliphatic carbocycles. The fourth-order valence-corrected chi connectivity index (χ4v) is 3.55. The van der Waals surface area contributed by atoms with Gasteiger partial charge in [0.25, 0.3) is 5.91 Å². The summed E-state index contributed by atoms with van der Waals surface area (Å²) in [4.78, 5) is 12.9. The van der Waals surface area contributed by atoms with Crippen LogP contribution in [0.1, 0.15) is 57.8 Å². The van der Waals surface area contributed by atoms with Crippen molar-refractivity contribution in [3.05, 3.63) is 53.1 Å². The van der Waals surface area contributed by atoms with E-state index in [1.807, 2.05) is 24.3 Å². The molecule has 1 aliphatic rings. The molecule has 1 fully saturated rings. The second-order valence-electron chi connectivity index (χ2n) is 7.86. The summed E-state index contributed by atoms with van der Waals surface area (Å²) < 4.78 is 5.93. The zero-order chi connectivity index (χ0) is 21.2. The van der Waals surface area contributed by atoms with Crippen molar-refractivity contribution < 1.29 is 9.53 Å². The maximum absolute atomic E-state index is 12.9. The number of para-hydroxylation sites is 1. The van der Waals surface area contributed by atoms with Gasteiger partial charge in [0.2, 0.25) is 0 Å². The normalized spacial score (nSPS) is 16.1. The summed E-state index contributed by atoms with van der Waals surface area (Å²) in [6.45, 7) is 14.8. The highest BCUT2D eigenvalue weighted by molar-refractivity contribution is 5.97. The number of ether oxygens (including phenoxy) is 1. The minimum absolute atomic E-state index is 0.0659. The SMILES string of the molecule is CCN1CC(NC(=O)c2ccccc2OC/C=C(\C)CCC=C(C)C)CN1CC. The van der Waals surface area contributed by atoms with Gasteiger partial charge in [-0.3, -0.25) is 4.79 Å². The summed E-state index contributed by atoms with van der Waals surface area (Å²) in [6, 6.07) is 7.62. The number of amides is 1. The summed E-state index contributed by atoms with van der Waals surface area (Å²) in [5.74, 6) is 0.569. The molecule has 29 heavy (non-hydrogen) atoms. The van der Waals surface area contributed by atoms with Crippen molar-refractivity contribution in [2.24, 2.45) is 0 Å². The van der Waals surface area contributed by atoms with Crippen molar-refractivity contribution in [3.8, 4) is 5.75 Å². The van der Waals surface area contributed by atoms with Gasteiger partial charge >= 0.3 is 0 Å². The minimum atomic E-state index is -0.0659. The Hall–Kier alpha value is -2.11. The van der Waals surface area contributed by atoms with E-state index in [0.29, 0.717) is 17.9 Å². The third-order valence-corrected chi connectivity index (χ3v) is 5.22. The van der Waals surface area contributed by atoms with Gasteiger partial charge in [-0.15, -0.1) is 0 Å².